The van der Waals surface area contributed by atoms with Crippen molar-refractivity contribution in [1.82, 2.24) is 15.0 Å². The summed E-state index contributed by atoms with van der Waals surface area (Å²) in [6.45, 7) is 20.7. The van der Waals surface area contributed by atoms with Crippen LogP contribution in [-0.4, -0.2) is 9.97 Å². The average molecular weight is 881 g/mol. The minimum Gasteiger partial charge on any atom is -0.473 e. The largest absolute Gasteiger partial charge is 0.473 e. The molecule has 1 radical (unpaired) electrons. The molecule has 8 rings (SSSR count). The van der Waals surface area contributed by atoms with Crippen LogP contribution in [0.15, 0.2) is 121 Å². The summed E-state index contributed by atoms with van der Waals surface area (Å²) in [5, 5.41) is 2.37. The van der Waals surface area contributed by atoms with Gasteiger partial charge < -0.3 is 19.8 Å². The Labute approximate surface area is 331 Å². The Bertz CT molecular complexity index is 2130. The molecule has 1 aliphatic rings. The molecule has 0 spiro atoms. The monoisotopic (exact) mass is 880 g/mol. The van der Waals surface area contributed by atoms with Crippen LogP contribution in [0.3, 0.4) is 0 Å². The van der Waals surface area contributed by atoms with Crippen LogP contribution in [-0.2, 0) is 22.4 Å². The second-order valence-electron chi connectivity index (χ2n) is 15.0. The molecule has 0 saturated heterocycles. The van der Waals surface area contributed by atoms with Crippen LogP contribution in [0.5, 0.6) is 0 Å². The van der Waals surface area contributed by atoms with Crippen molar-refractivity contribution in [2.75, 3.05) is 9.80 Å². The molecule has 1 aliphatic heterocycles. The van der Waals surface area contributed by atoms with E-state index in [-0.39, 0.29) is 22.4 Å². The summed E-state index contributed by atoms with van der Waals surface area (Å²) in [4.78, 5) is 18.3. The molecule has 2 aromatic heterocycles. The van der Waals surface area contributed by atoms with E-state index in [4.69, 9.17) is 0 Å². The summed E-state index contributed by atoms with van der Waals surface area (Å²) >= 11 is 0. The number of benzene rings is 5. The molecule has 0 amide bonds. The Hall–Kier alpha value is -4.68. The molecule has 0 bridgehead atoms. The first-order chi connectivity index (χ1) is 25.1. The molecule has 0 unspecified atom stereocenters. The maximum absolute atomic E-state index is 4.56. The third kappa shape index (κ3) is 7.57. The standard InChI is InChI=1S/C31H39N2.C16H10N3.Au/c1-20(2)24-13-11-14-25(21(3)4)30(24)32-19-33(29-18-10-9-17-28(29)32)31-26(22(5)6)15-12-16-27(31)23(7)8;1-2-6-12-10-15-14(9-11(12)5-1)18-16(19-15)13-7-3-4-8-17-13;/h9-23H,1-8H3;1-10H;/q2*-1;. The van der Waals surface area contributed by atoms with Crippen LogP contribution < -0.4 is 14.8 Å². The fraction of sp³-hybridized carbons (Fsp3) is 0.255. The van der Waals surface area contributed by atoms with E-state index in [1.165, 1.54) is 55.8 Å². The number of rotatable bonds is 7. The number of fused-ring (bicyclic) bond motifs is 3. The summed E-state index contributed by atoms with van der Waals surface area (Å²) < 4.78 is 0. The Balaban J connectivity index is 0.000000203. The summed E-state index contributed by atoms with van der Waals surface area (Å²) in [6.07, 6.45) is 1.76. The van der Waals surface area contributed by atoms with E-state index in [9.17, 15) is 0 Å². The Morgan fingerprint density at radius 3 is 1.43 bits per heavy atom. The second-order valence-corrected chi connectivity index (χ2v) is 15.0. The molecule has 0 saturated carbocycles. The van der Waals surface area contributed by atoms with Gasteiger partial charge in [0.2, 0.25) is 0 Å². The summed E-state index contributed by atoms with van der Waals surface area (Å²) in [6, 6.07) is 40.6. The molecule has 275 valence electrons. The van der Waals surface area contributed by atoms with Crippen LogP contribution in [0.1, 0.15) is 101 Å². The normalized spacial score (nSPS) is 12.5. The van der Waals surface area contributed by atoms with Crippen molar-refractivity contribution in [3.05, 3.63) is 150 Å². The van der Waals surface area contributed by atoms with Gasteiger partial charge in [-0.25, -0.2) is 0 Å². The zero-order chi connectivity index (χ0) is 36.5. The van der Waals surface area contributed by atoms with Crippen LogP contribution >= 0.6 is 0 Å². The minimum atomic E-state index is 0. The van der Waals surface area contributed by atoms with Crippen LogP contribution in [0.25, 0.3) is 33.3 Å². The van der Waals surface area contributed by atoms with Crippen molar-refractivity contribution in [3.63, 3.8) is 0 Å². The molecule has 6 heteroatoms. The van der Waals surface area contributed by atoms with Gasteiger partial charge in [0.05, 0.1) is 5.69 Å². The van der Waals surface area contributed by atoms with Gasteiger partial charge in [0.1, 0.15) is 0 Å². The Morgan fingerprint density at radius 1 is 0.528 bits per heavy atom. The fourth-order valence-electron chi connectivity index (χ4n) is 7.31. The van der Waals surface area contributed by atoms with Gasteiger partial charge in [-0.2, -0.15) is 0 Å². The van der Waals surface area contributed by atoms with E-state index < -0.39 is 0 Å². The summed E-state index contributed by atoms with van der Waals surface area (Å²) in [5.41, 5.74) is 13.4. The van der Waals surface area contributed by atoms with Crippen molar-refractivity contribution < 1.29 is 22.4 Å². The predicted molar refractivity (Wildman–Crippen MR) is 220 cm³/mol. The molecule has 0 N–H and O–H groups in total. The average Bonchev–Trinajstić information content (AvgIpc) is 3.75. The van der Waals surface area contributed by atoms with Gasteiger partial charge in [-0.1, -0.05) is 146 Å². The Kier molecular flexibility index (Phi) is 11.6. The van der Waals surface area contributed by atoms with Crippen molar-refractivity contribution >= 4 is 44.6 Å². The van der Waals surface area contributed by atoms with Crippen LogP contribution in [0.4, 0.5) is 22.7 Å². The predicted octanol–water partition coefficient (Wildman–Crippen LogP) is 13.0. The van der Waals surface area contributed by atoms with E-state index in [1.807, 2.05) is 30.3 Å². The number of pyridine rings is 1. The number of para-hydroxylation sites is 4. The third-order valence-corrected chi connectivity index (χ3v) is 9.99. The van der Waals surface area contributed by atoms with Gasteiger partial charge in [0.25, 0.3) is 0 Å². The van der Waals surface area contributed by atoms with Gasteiger partial charge in [-0.05, 0) is 97.8 Å². The molecule has 53 heavy (non-hydrogen) atoms. The first kappa shape index (κ1) is 38.1. The quantitative estimate of drug-likeness (QED) is 0.118. The molecular weight excluding hydrogens is 832 g/mol. The summed E-state index contributed by atoms with van der Waals surface area (Å²) in [5.74, 6) is 2.47. The van der Waals surface area contributed by atoms with Gasteiger partial charge in [-0.15, -0.1) is 6.67 Å². The van der Waals surface area contributed by atoms with E-state index >= 15 is 0 Å². The van der Waals surface area contributed by atoms with Crippen molar-refractivity contribution in [1.29, 1.82) is 0 Å². The number of hydrogen-bond donors (Lipinski definition) is 0. The van der Waals surface area contributed by atoms with E-state index in [0.29, 0.717) is 29.5 Å². The molecule has 5 aromatic carbocycles. The number of aromatic nitrogens is 3. The molecule has 3 heterocycles. The fourth-order valence-corrected chi connectivity index (χ4v) is 7.31. The Morgan fingerprint density at radius 2 is 0.981 bits per heavy atom. The summed E-state index contributed by atoms with van der Waals surface area (Å²) in [7, 11) is 0. The third-order valence-electron chi connectivity index (χ3n) is 9.99. The SMILES string of the molecule is CC(C)c1cccc(C(C)C)c1N1[CH-]N(c2c(C(C)C)cccc2C(C)C)c2ccccc21.[Au].c1ccc(-c2nc3cc4ccccc4cc3[n-]2)nc1. The molecule has 5 nitrogen and oxygen atoms in total. The molecular formula is C47H49AuN5-2. The first-order valence-electron chi connectivity index (χ1n) is 18.6. The molecule has 0 fully saturated rings. The number of anilines is 4. The van der Waals surface area contributed by atoms with Gasteiger partial charge in [-0.3, -0.25) is 4.98 Å². The second kappa shape index (κ2) is 16.1. The van der Waals surface area contributed by atoms with Crippen molar-refractivity contribution in [2.24, 2.45) is 0 Å². The van der Waals surface area contributed by atoms with Crippen LogP contribution in [0, 0.1) is 6.67 Å². The van der Waals surface area contributed by atoms with E-state index in [0.717, 1.165) is 16.7 Å². The minimum absolute atomic E-state index is 0. The van der Waals surface area contributed by atoms with Crippen LogP contribution in [0.2, 0.25) is 0 Å². The van der Waals surface area contributed by atoms with Crippen molar-refractivity contribution in [3.8, 4) is 11.5 Å². The maximum atomic E-state index is 4.56. The number of imidazole rings is 1. The molecule has 7 aromatic rings. The zero-order valence-electron chi connectivity index (χ0n) is 32.0. The van der Waals surface area contributed by atoms with Gasteiger partial charge in [0.15, 0.2) is 0 Å². The number of hydrogen-bond acceptors (Lipinski definition) is 4. The maximum Gasteiger partial charge on any atom is 0.0620 e. The number of nitrogens with zero attached hydrogens (tertiary/aromatic N) is 5. The van der Waals surface area contributed by atoms with Gasteiger partial charge in [0, 0.05) is 51.3 Å². The molecule has 0 atom stereocenters. The van der Waals surface area contributed by atoms with E-state index in [1.54, 1.807) is 6.20 Å². The van der Waals surface area contributed by atoms with E-state index in [2.05, 4.69) is 172 Å². The molecule has 0 aliphatic carbocycles. The smallest absolute Gasteiger partial charge is 0.0620 e. The topological polar surface area (TPSA) is 46.4 Å². The van der Waals surface area contributed by atoms with Crippen molar-refractivity contribution in [2.45, 2.75) is 79.1 Å². The zero-order valence-corrected chi connectivity index (χ0v) is 34.1. The van der Waals surface area contributed by atoms with Gasteiger partial charge >= 0.3 is 0 Å². The first-order valence-corrected chi connectivity index (χ1v) is 18.6.